The fourth-order valence-electron chi connectivity index (χ4n) is 4.27. The maximum absolute atomic E-state index is 5.91. The van der Waals surface area contributed by atoms with Gasteiger partial charge in [0, 0.05) is 6.04 Å². The van der Waals surface area contributed by atoms with Crippen LogP contribution >= 0.6 is 36.7 Å². The van der Waals surface area contributed by atoms with Gasteiger partial charge in [0.05, 0.1) is 22.1 Å². The van der Waals surface area contributed by atoms with Crippen molar-refractivity contribution >= 4 is 60.7 Å². The van der Waals surface area contributed by atoms with Crippen LogP contribution in [0, 0.1) is 5.92 Å². The van der Waals surface area contributed by atoms with Crippen LogP contribution in [0.1, 0.15) is 76.2 Å². The van der Waals surface area contributed by atoms with Crippen LogP contribution in [0.2, 0.25) is 6.04 Å². The van der Waals surface area contributed by atoms with Crippen LogP contribution in [0.3, 0.4) is 0 Å². The van der Waals surface area contributed by atoms with E-state index in [0.717, 1.165) is 11.7 Å². The van der Waals surface area contributed by atoms with Gasteiger partial charge in [0.25, 0.3) is 0 Å². The number of isothiocyanates is 3. The summed E-state index contributed by atoms with van der Waals surface area (Å²) in [6.45, 7) is 2.81. The third kappa shape index (κ3) is 8.95. The molecular weight excluding hydrogens is 459 g/mol. The Morgan fingerprint density at radius 3 is 2.06 bits per heavy atom. The maximum Gasteiger partial charge on any atom is 0.461 e. The summed E-state index contributed by atoms with van der Waals surface area (Å²) < 4.78 is 18.3. The van der Waals surface area contributed by atoms with Crippen LogP contribution in [0.5, 0.6) is 5.75 Å². The molecule has 0 amide bonds. The van der Waals surface area contributed by atoms with Crippen molar-refractivity contribution in [1.29, 1.82) is 0 Å². The molecule has 0 spiro atoms. The van der Waals surface area contributed by atoms with E-state index in [9.17, 15) is 0 Å². The fraction of sp³-hybridized carbons (Fsp3) is 0.609. The second-order valence-corrected chi connectivity index (χ2v) is 11.4. The van der Waals surface area contributed by atoms with Crippen molar-refractivity contribution in [2.45, 2.75) is 76.7 Å². The van der Waals surface area contributed by atoms with Crippen molar-refractivity contribution in [1.82, 2.24) is 0 Å². The van der Waals surface area contributed by atoms with Crippen LogP contribution in [0.25, 0.3) is 0 Å². The van der Waals surface area contributed by atoms with Crippen molar-refractivity contribution in [2.24, 2.45) is 19.9 Å². The zero-order valence-corrected chi connectivity index (χ0v) is 21.7. The minimum atomic E-state index is -2.83. The molecule has 166 valence electrons. The third-order valence-corrected chi connectivity index (χ3v) is 9.21. The molecule has 1 aromatic rings. The van der Waals surface area contributed by atoms with Crippen LogP contribution in [0.4, 0.5) is 0 Å². The average molecular weight is 490 g/mol. The molecule has 2 rings (SSSR count). The maximum atomic E-state index is 5.91. The number of rotatable bonds is 13. The van der Waals surface area contributed by atoms with E-state index in [1.807, 2.05) is 0 Å². The van der Waals surface area contributed by atoms with E-state index < -0.39 is 8.56 Å². The lowest BCUT2D eigenvalue weighted by atomic mass is 9.77. The zero-order chi connectivity index (χ0) is 22.4. The molecule has 1 aliphatic rings. The van der Waals surface area contributed by atoms with E-state index in [4.69, 9.17) is 41.4 Å². The Morgan fingerprint density at radius 1 is 0.903 bits per heavy atom. The number of nitrogens with zero attached hydrogens (tertiary/aromatic N) is 3. The molecule has 1 saturated carbocycles. The molecule has 0 heterocycles. The van der Waals surface area contributed by atoms with Crippen molar-refractivity contribution in [3.05, 3.63) is 29.8 Å². The molecule has 31 heavy (non-hydrogen) atoms. The largest absolute Gasteiger partial charge is 0.494 e. The highest BCUT2D eigenvalue weighted by Gasteiger charge is 2.34. The Hall–Kier alpha value is -1.36. The summed E-state index contributed by atoms with van der Waals surface area (Å²) in [6.07, 6.45) is 11.6. The Balaban J connectivity index is 1.79. The van der Waals surface area contributed by atoms with E-state index in [1.54, 1.807) is 0 Å². The topological polar surface area (TPSA) is 46.3 Å². The van der Waals surface area contributed by atoms with E-state index in [-0.39, 0.29) is 0 Å². The molecular formula is C23H31N3OS3Si. The van der Waals surface area contributed by atoms with Crippen molar-refractivity contribution in [2.75, 3.05) is 6.61 Å². The Bertz CT molecular complexity index is 775. The Labute approximate surface area is 203 Å². The average Bonchev–Trinajstić information content (AvgIpc) is 2.78. The number of unbranched alkanes of at least 4 members (excludes halogenated alkanes) is 2. The molecule has 1 fully saturated rings. The van der Waals surface area contributed by atoms with E-state index in [0.29, 0.717) is 25.0 Å². The van der Waals surface area contributed by atoms with Crippen molar-refractivity contribution < 1.29 is 4.74 Å². The van der Waals surface area contributed by atoms with Crippen molar-refractivity contribution in [3.63, 3.8) is 0 Å². The predicted octanol–water partition coefficient (Wildman–Crippen LogP) is 7.56. The van der Waals surface area contributed by atoms with Crippen LogP contribution in [-0.2, 0) is 0 Å². The van der Waals surface area contributed by atoms with Crippen LogP contribution in [-0.4, -0.2) is 30.6 Å². The first kappa shape index (κ1) is 25.9. The molecule has 0 bridgehead atoms. The lowest BCUT2D eigenvalue weighted by Crippen LogP contribution is -2.28. The first-order valence-electron chi connectivity index (χ1n) is 11.2. The van der Waals surface area contributed by atoms with E-state index in [1.165, 1.54) is 56.9 Å². The smallest absolute Gasteiger partial charge is 0.461 e. The molecule has 0 aliphatic heterocycles. The second kappa shape index (κ2) is 14.7. The Morgan fingerprint density at radius 2 is 1.52 bits per heavy atom. The summed E-state index contributed by atoms with van der Waals surface area (Å²) in [6, 6.07) is 9.17. The molecule has 0 unspecified atom stereocenters. The first-order valence-corrected chi connectivity index (χ1v) is 14.4. The molecule has 0 saturated heterocycles. The highest BCUT2D eigenvalue weighted by molar-refractivity contribution is 7.78. The van der Waals surface area contributed by atoms with Gasteiger partial charge in [-0.25, -0.2) is 14.0 Å². The standard InChI is InChI=1S/C23H31N3OS3Si/c1-2-3-4-6-20-7-9-21(10-8-20)22-11-13-23(14-12-22)27-15-5-16-31(24-17-28,25-18-29)26-19-30/h11-14,20-21H,2-10,15-16H2,1H3. The fourth-order valence-corrected chi connectivity index (χ4v) is 7.12. The minimum absolute atomic E-state index is 0.532. The van der Waals surface area contributed by atoms with E-state index in [2.05, 4.69) is 60.6 Å². The predicted molar refractivity (Wildman–Crippen MR) is 141 cm³/mol. The first-order chi connectivity index (χ1) is 15.2. The summed E-state index contributed by atoms with van der Waals surface area (Å²) in [5.74, 6) is 2.50. The molecule has 0 N–H and O–H groups in total. The minimum Gasteiger partial charge on any atom is -0.494 e. The monoisotopic (exact) mass is 489 g/mol. The van der Waals surface area contributed by atoms with Crippen molar-refractivity contribution in [3.8, 4) is 5.75 Å². The van der Waals surface area contributed by atoms with Gasteiger partial charge in [-0.05, 0) is 98.3 Å². The SMILES string of the molecule is CCCCCC1CCC(c2ccc(OCCC[Si](N=C=S)(N=C=S)N=C=S)cc2)CC1. The molecule has 8 heteroatoms. The molecule has 1 aliphatic carbocycles. The van der Waals surface area contributed by atoms with Gasteiger partial charge in [0.2, 0.25) is 0 Å². The number of benzene rings is 1. The van der Waals surface area contributed by atoms with Gasteiger partial charge >= 0.3 is 8.56 Å². The summed E-state index contributed by atoms with van der Waals surface area (Å²) >= 11 is 14.2. The zero-order valence-electron chi connectivity index (χ0n) is 18.2. The van der Waals surface area contributed by atoms with Gasteiger partial charge in [-0.15, -0.1) is 0 Å². The summed E-state index contributed by atoms with van der Waals surface area (Å²) in [5.41, 5.74) is 1.44. The highest BCUT2D eigenvalue weighted by atomic mass is 32.1. The number of ether oxygens (including phenoxy) is 1. The lowest BCUT2D eigenvalue weighted by Gasteiger charge is -2.29. The number of hydrogen-bond acceptors (Lipinski definition) is 7. The third-order valence-electron chi connectivity index (χ3n) is 6.01. The van der Waals surface area contributed by atoms with Gasteiger partial charge in [0.15, 0.2) is 0 Å². The van der Waals surface area contributed by atoms with Gasteiger partial charge in [-0.2, -0.15) is 0 Å². The molecule has 4 nitrogen and oxygen atoms in total. The molecule has 0 atom stereocenters. The lowest BCUT2D eigenvalue weighted by molar-refractivity contribution is 0.301. The second-order valence-electron chi connectivity index (χ2n) is 8.12. The summed E-state index contributed by atoms with van der Waals surface area (Å²) in [5, 5.41) is 7.08. The van der Waals surface area contributed by atoms with Gasteiger partial charge in [-0.1, -0.05) is 44.7 Å². The van der Waals surface area contributed by atoms with Gasteiger partial charge in [-0.3, -0.25) is 0 Å². The Kier molecular flexibility index (Phi) is 12.2. The quantitative estimate of drug-likeness (QED) is 0.124. The van der Waals surface area contributed by atoms with Crippen LogP contribution in [0.15, 0.2) is 38.2 Å². The summed E-state index contributed by atoms with van der Waals surface area (Å²) in [4.78, 5) is 0. The normalized spacial score (nSPS) is 19.8. The highest BCUT2D eigenvalue weighted by Crippen LogP contribution is 2.38. The number of thiocarbonyl (C=S) groups is 3. The summed E-state index contributed by atoms with van der Waals surface area (Å²) in [7, 11) is -2.83. The number of hydrogen-bond donors (Lipinski definition) is 0. The van der Waals surface area contributed by atoms with Gasteiger partial charge in [0.1, 0.15) is 5.75 Å². The van der Waals surface area contributed by atoms with Gasteiger partial charge < -0.3 is 4.74 Å². The molecule has 1 aromatic carbocycles. The van der Waals surface area contributed by atoms with E-state index >= 15 is 0 Å². The molecule has 0 radical (unpaired) electrons. The van der Waals surface area contributed by atoms with Crippen LogP contribution < -0.4 is 4.74 Å². The molecule has 0 aromatic heterocycles.